The number of pyridine rings is 1. The Labute approximate surface area is 145 Å². The molecule has 1 aromatic carbocycles. The van der Waals surface area contributed by atoms with Gasteiger partial charge in [0.1, 0.15) is 11.5 Å². The summed E-state index contributed by atoms with van der Waals surface area (Å²) < 4.78 is 15.1. The summed E-state index contributed by atoms with van der Waals surface area (Å²) in [5.74, 6) is -0.194. The number of aromatic nitrogens is 2. The van der Waals surface area contributed by atoms with Gasteiger partial charge < -0.3 is 9.30 Å². The van der Waals surface area contributed by atoms with Crippen molar-refractivity contribution in [3.05, 3.63) is 71.4 Å². The van der Waals surface area contributed by atoms with E-state index in [1.54, 1.807) is 12.1 Å². The summed E-state index contributed by atoms with van der Waals surface area (Å²) >= 11 is 0. The second-order valence-electron chi connectivity index (χ2n) is 6.61. The van der Waals surface area contributed by atoms with Gasteiger partial charge in [-0.1, -0.05) is 18.2 Å². The van der Waals surface area contributed by atoms with Gasteiger partial charge in [-0.2, -0.15) is 0 Å². The van der Waals surface area contributed by atoms with Crippen LogP contribution in [0.3, 0.4) is 0 Å². The summed E-state index contributed by atoms with van der Waals surface area (Å²) in [7, 11) is 0. The van der Waals surface area contributed by atoms with E-state index < -0.39 is 0 Å². The Balaban J connectivity index is 1.61. The summed E-state index contributed by atoms with van der Waals surface area (Å²) in [5, 5.41) is 0. The normalized spacial score (nSPS) is 17.4. The highest BCUT2D eigenvalue weighted by Gasteiger charge is 2.31. The molecular formula is C20H20FN3O. The Morgan fingerprint density at radius 3 is 2.84 bits per heavy atom. The van der Waals surface area contributed by atoms with Gasteiger partial charge in [0.05, 0.1) is 18.2 Å². The quantitative estimate of drug-likeness (QED) is 0.731. The largest absolute Gasteiger partial charge is 0.334 e. The van der Waals surface area contributed by atoms with Crippen LogP contribution in [0.15, 0.2) is 48.7 Å². The fourth-order valence-corrected chi connectivity index (χ4v) is 3.68. The molecule has 4 nitrogen and oxygen atoms in total. The molecule has 0 radical (unpaired) electrons. The van der Waals surface area contributed by atoms with Gasteiger partial charge in [-0.25, -0.2) is 9.37 Å². The number of fused-ring (bicyclic) bond motifs is 1. The highest BCUT2D eigenvalue weighted by molar-refractivity contribution is 5.79. The minimum Gasteiger partial charge on any atom is -0.334 e. The number of hydrogen-bond acceptors (Lipinski definition) is 2. The van der Waals surface area contributed by atoms with Crippen LogP contribution in [-0.2, 0) is 11.2 Å². The number of likely N-dealkylation sites (tertiary alicyclic amines) is 1. The molecule has 0 aliphatic carbocycles. The Kier molecular flexibility index (Phi) is 3.99. The van der Waals surface area contributed by atoms with Crippen LogP contribution >= 0.6 is 0 Å². The van der Waals surface area contributed by atoms with Crippen molar-refractivity contribution in [3.8, 4) is 0 Å². The molecular weight excluding hydrogens is 317 g/mol. The fourth-order valence-electron chi connectivity index (χ4n) is 3.68. The number of benzene rings is 1. The molecule has 3 heterocycles. The molecule has 1 atom stereocenters. The van der Waals surface area contributed by atoms with Crippen molar-refractivity contribution in [3.63, 3.8) is 0 Å². The number of imidazole rings is 1. The van der Waals surface area contributed by atoms with Crippen molar-refractivity contribution in [2.45, 2.75) is 32.2 Å². The van der Waals surface area contributed by atoms with Crippen LogP contribution in [0, 0.1) is 12.7 Å². The lowest BCUT2D eigenvalue weighted by Gasteiger charge is -2.26. The van der Waals surface area contributed by atoms with Crippen molar-refractivity contribution < 1.29 is 9.18 Å². The topological polar surface area (TPSA) is 37.6 Å². The van der Waals surface area contributed by atoms with Crippen LogP contribution in [0.4, 0.5) is 4.39 Å². The third kappa shape index (κ3) is 3.02. The number of hydrogen-bond donors (Lipinski definition) is 0. The molecule has 1 saturated heterocycles. The zero-order valence-corrected chi connectivity index (χ0v) is 14.2. The van der Waals surface area contributed by atoms with Gasteiger partial charge in [-0.15, -0.1) is 0 Å². The van der Waals surface area contributed by atoms with Gasteiger partial charge >= 0.3 is 0 Å². The van der Waals surface area contributed by atoms with Crippen LogP contribution in [0.5, 0.6) is 0 Å². The molecule has 1 aliphatic heterocycles. The average Bonchev–Trinajstić information content (AvgIpc) is 3.22. The molecule has 128 valence electrons. The van der Waals surface area contributed by atoms with E-state index in [0.29, 0.717) is 6.42 Å². The summed E-state index contributed by atoms with van der Waals surface area (Å²) in [4.78, 5) is 19.3. The smallest absolute Gasteiger partial charge is 0.227 e. The monoisotopic (exact) mass is 337 g/mol. The van der Waals surface area contributed by atoms with Gasteiger partial charge in [0.2, 0.25) is 5.91 Å². The first-order valence-corrected chi connectivity index (χ1v) is 8.60. The first-order valence-electron chi connectivity index (χ1n) is 8.60. The molecule has 3 aromatic rings. The predicted octanol–water partition coefficient (Wildman–Crippen LogP) is 3.69. The van der Waals surface area contributed by atoms with Crippen LogP contribution < -0.4 is 0 Å². The first-order chi connectivity index (χ1) is 12.1. The molecule has 0 saturated carbocycles. The Hall–Kier alpha value is -2.69. The van der Waals surface area contributed by atoms with E-state index in [2.05, 4.69) is 15.5 Å². The maximum absolute atomic E-state index is 13.1. The van der Waals surface area contributed by atoms with Gasteiger partial charge in [0, 0.05) is 18.4 Å². The summed E-state index contributed by atoms with van der Waals surface area (Å²) in [6.07, 6.45) is 4.26. The SMILES string of the molecule is Cc1cn2c([C@H]3CCCN3C(=O)Cc3ccc(F)cc3)cccc2n1. The molecule has 4 rings (SSSR count). The lowest BCUT2D eigenvalue weighted by molar-refractivity contribution is -0.131. The molecule has 2 aromatic heterocycles. The summed E-state index contributed by atoms with van der Waals surface area (Å²) in [6, 6.07) is 12.3. The molecule has 1 fully saturated rings. The maximum atomic E-state index is 13.1. The number of nitrogens with zero attached hydrogens (tertiary/aromatic N) is 3. The van der Waals surface area contributed by atoms with Gasteiger partial charge in [-0.3, -0.25) is 4.79 Å². The van der Waals surface area contributed by atoms with E-state index in [4.69, 9.17) is 0 Å². The lowest BCUT2D eigenvalue weighted by Crippen LogP contribution is -2.32. The Bertz CT molecular complexity index is 916. The van der Waals surface area contributed by atoms with E-state index in [1.165, 1.54) is 12.1 Å². The molecule has 25 heavy (non-hydrogen) atoms. The first kappa shape index (κ1) is 15.8. The third-order valence-electron chi connectivity index (χ3n) is 4.83. The number of rotatable bonds is 3. The maximum Gasteiger partial charge on any atom is 0.227 e. The van der Waals surface area contributed by atoms with Crippen molar-refractivity contribution in [2.24, 2.45) is 0 Å². The van der Waals surface area contributed by atoms with Crippen LogP contribution in [0.25, 0.3) is 5.65 Å². The molecule has 5 heteroatoms. The molecule has 0 unspecified atom stereocenters. The highest BCUT2D eigenvalue weighted by Crippen LogP contribution is 2.32. The van der Waals surface area contributed by atoms with Gasteiger partial charge in [0.25, 0.3) is 0 Å². The van der Waals surface area contributed by atoms with E-state index in [1.807, 2.05) is 30.2 Å². The lowest BCUT2D eigenvalue weighted by atomic mass is 10.1. The molecule has 0 N–H and O–H groups in total. The summed E-state index contributed by atoms with van der Waals surface area (Å²) in [6.45, 7) is 2.73. The van der Waals surface area contributed by atoms with Gasteiger partial charge in [0.15, 0.2) is 0 Å². The molecule has 0 bridgehead atoms. The predicted molar refractivity (Wildman–Crippen MR) is 93.7 cm³/mol. The summed E-state index contributed by atoms with van der Waals surface area (Å²) in [5.41, 5.74) is 3.82. The highest BCUT2D eigenvalue weighted by atomic mass is 19.1. The second kappa shape index (κ2) is 6.31. The fraction of sp³-hybridized carbons (Fsp3) is 0.300. The Morgan fingerprint density at radius 1 is 1.24 bits per heavy atom. The number of carbonyl (C=O) groups is 1. The van der Waals surface area contributed by atoms with Gasteiger partial charge in [-0.05, 0) is 49.6 Å². The minimum atomic E-state index is -0.280. The van der Waals surface area contributed by atoms with E-state index in [9.17, 15) is 9.18 Å². The van der Waals surface area contributed by atoms with E-state index in [-0.39, 0.29) is 17.8 Å². The molecule has 1 aliphatic rings. The second-order valence-corrected chi connectivity index (χ2v) is 6.61. The van der Waals surface area contributed by atoms with E-state index in [0.717, 1.165) is 42.0 Å². The zero-order chi connectivity index (χ0) is 17.4. The van der Waals surface area contributed by atoms with Crippen molar-refractivity contribution in [2.75, 3.05) is 6.54 Å². The minimum absolute atomic E-state index is 0.0604. The number of carbonyl (C=O) groups excluding carboxylic acids is 1. The van der Waals surface area contributed by atoms with Crippen LogP contribution in [-0.4, -0.2) is 26.7 Å². The van der Waals surface area contributed by atoms with Crippen LogP contribution in [0.1, 0.15) is 35.8 Å². The van der Waals surface area contributed by atoms with E-state index >= 15 is 0 Å². The van der Waals surface area contributed by atoms with Crippen molar-refractivity contribution in [1.29, 1.82) is 0 Å². The van der Waals surface area contributed by atoms with Crippen LogP contribution in [0.2, 0.25) is 0 Å². The Morgan fingerprint density at radius 2 is 2.04 bits per heavy atom. The number of amides is 1. The molecule has 0 spiro atoms. The standard InChI is InChI=1S/C20H20FN3O/c1-14-13-24-18(4-2-6-19(24)22-14)17-5-3-11-23(17)20(25)12-15-7-9-16(21)10-8-15/h2,4,6-10,13,17H,3,5,11-12H2,1H3/t17-/m1/s1. The van der Waals surface area contributed by atoms with Crippen molar-refractivity contribution >= 4 is 11.6 Å². The number of aryl methyl sites for hydroxylation is 1. The molecule has 1 amide bonds. The number of halogens is 1. The zero-order valence-electron chi connectivity index (χ0n) is 14.2. The third-order valence-corrected chi connectivity index (χ3v) is 4.83. The van der Waals surface area contributed by atoms with Crippen molar-refractivity contribution in [1.82, 2.24) is 14.3 Å². The average molecular weight is 337 g/mol.